The topological polar surface area (TPSA) is 99.8 Å². The highest BCUT2D eigenvalue weighted by molar-refractivity contribution is 5.94. The number of carboxylic acid groups (broad SMARTS) is 1. The van der Waals surface area contributed by atoms with Gasteiger partial charge in [0.15, 0.2) is 0 Å². The Bertz CT molecular complexity index is 860. The number of furan rings is 1. The van der Waals surface area contributed by atoms with Crippen molar-refractivity contribution in [1.82, 2.24) is 14.9 Å². The van der Waals surface area contributed by atoms with Gasteiger partial charge in [-0.15, -0.1) is 0 Å². The molecular formula is C19H21F3N4O4. The molecule has 0 radical (unpaired) electrons. The molecule has 2 aliphatic rings. The standard InChI is InChI=1S/C17H20N4O2.C2HF3O2/c22-15(14-3-10-23-11-14)20-9-5-17(12-20)4-1-8-21(13-17)16-18-6-2-7-19-16;3-2(4,5)1(6)7/h2-3,6-7,10-11H,1,4-5,8-9,12-13H2;(H,6,7). The molecule has 4 rings (SSSR count). The van der Waals surface area contributed by atoms with Crippen LogP contribution in [0.3, 0.4) is 0 Å². The Morgan fingerprint density at radius 1 is 1.13 bits per heavy atom. The summed E-state index contributed by atoms with van der Waals surface area (Å²) >= 11 is 0. The summed E-state index contributed by atoms with van der Waals surface area (Å²) in [5, 5.41) is 7.12. The Labute approximate surface area is 170 Å². The summed E-state index contributed by atoms with van der Waals surface area (Å²) in [6.45, 7) is 3.53. The molecule has 0 bridgehead atoms. The number of anilines is 1. The molecule has 1 atom stereocenters. The maximum atomic E-state index is 12.5. The van der Waals surface area contributed by atoms with E-state index in [-0.39, 0.29) is 11.3 Å². The van der Waals surface area contributed by atoms with Crippen molar-refractivity contribution >= 4 is 17.8 Å². The first kappa shape index (κ1) is 21.6. The van der Waals surface area contributed by atoms with Crippen LogP contribution in [0.2, 0.25) is 0 Å². The van der Waals surface area contributed by atoms with Crippen molar-refractivity contribution in [2.75, 3.05) is 31.1 Å². The number of carbonyl (C=O) groups is 2. The number of rotatable bonds is 2. The number of alkyl halides is 3. The number of amides is 1. The monoisotopic (exact) mass is 426 g/mol. The van der Waals surface area contributed by atoms with Gasteiger partial charge >= 0.3 is 12.1 Å². The van der Waals surface area contributed by atoms with E-state index in [4.69, 9.17) is 14.3 Å². The van der Waals surface area contributed by atoms with Crippen molar-refractivity contribution in [3.8, 4) is 0 Å². The highest BCUT2D eigenvalue weighted by Gasteiger charge is 2.43. The van der Waals surface area contributed by atoms with Gasteiger partial charge in [0, 0.05) is 44.0 Å². The molecule has 30 heavy (non-hydrogen) atoms. The van der Waals surface area contributed by atoms with Crippen LogP contribution in [0.5, 0.6) is 0 Å². The van der Waals surface area contributed by atoms with Gasteiger partial charge in [0.2, 0.25) is 5.95 Å². The summed E-state index contributed by atoms with van der Waals surface area (Å²) in [7, 11) is 0. The fourth-order valence-corrected chi connectivity index (χ4v) is 3.84. The molecule has 2 aliphatic heterocycles. The number of nitrogens with zero attached hydrogens (tertiary/aromatic N) is 4. The molecule has 0 saturated carbocycles. The minimum atomic E-state index is -5.08. The van der Waals surface area contributed by atoms with E-state index in [1.807, 2.05) is 11.0 Å². The number of likely N-dealkylation sites (tertiary alicyclic amines) is 1. The Kier molecular flexibility index (Phi) is 6.28. The summed E-state index contributed by atoms with van der Waals surface area (Å²) < 4.78 is 36.8. The van der Waals surface area contributed by atoms with Crippen LogP contribution in [0.15, 0.2) is 41.5 Å². The second-order valence-corrected chi connectivity index (χ2v) is 7.37. The molecule has 1 N–H and O–H groups in total. The summed E-state index contributed by atoms with van der Waals surface area (Å²) in [6.07, 6.45) is 4.88. The smallest absolute Gasteiger partial charge is 0.475 e. The first-order valence-corrected chi connectivity index (χ1v) is 9.34. The van der Waals surface area contributed by atoms with E-state index in [9.17, 15) is 18.0 Å². The Morgan fingerprint density at radius 2 is 1.83 bits per heavy atom. The SMILES string of the molecule is O=C(O)C(F)(F)F.O=C(c1ccoc1)N1CCC2(CCCN(c3ncccn3)C2)C1. The van der Waals surface area contributed by atoms with Crippen LogP contribution in [0, 0.1) is 5.41 Å². The zero-order valence-electron chi connectivity index (χ0n) is 16.0. The second kappa shape index (κ2) is 8.72. The molecular weight excluding hydrogens is 405 g/mol. The predicted molar refractivity (Wildman–Crippen MR) is 98.8 cm³/mol. The fraction of sp³-hybridized carbons (Fsp3) is 0.474. The van der Waals surface area contributed by atoms with Crippen molar-refractivity contribution in [1.29, 1.82) is 0 Å². The lowest BCUT2D eigenvalue weighted by Gasteiger charge is -2.40. The van der Waals surface area contributed by atoms with E-state index in [1.165, 1.54) is 6.26 Å². The predicted octanol–water partition coefficient (Wildman–Crippen LogP) is 2.84. The largest absolute Gasteiger partial charge is 0.490 e. The highest BCUT2D eigenvalue weighted by atomic mass is 19.4. The van der Waals surface area contributed by atoms with Gasteiger partial charge in [-0.3, -0.25) is 4.79 Å². The van der Waals surface area contributed by atoms with Crippen LogP contribution in [0.4, 0.5) is 19.1 Å². The van der Waals surface area contributed by atoms with Crippen LogP contribution in [-0.4, -0.2) is 64.2 Å². The quantitative estimate of drug-likeness (QED) is 0.788. The average molecular weight is 426 g/mol. The molecule has 2 saturated heterocycles. The van der Waals surface area contributed by atoms with Crippen molar-refractivity contribution in [2.24, 2.45) is 5.41 Å². The third-order valence-electron chi connectivity index (χ3n) is 5.23. The molecule has 1 amide bonds. The fourth-order valence-electron chi connectivity index (χ4n) is 3.84. The highest BCUT2D eigenvalue weighted by Crippen LogP contribution is 2.40. The summed E-state index contributed by atoms with van der Waals surface area (Å²) in [5.74, 6) is -1.89. The van der Waals surface area contributed by atoms with E-state index in [2.05, 4.69) is 14.9 Å². The molecule has 2 fully saturated rings. The third-order valence-corrected chi connectivity index (χ3v) is 5.23. The van der Waals surface area contributed by atoms with Crippen molar-refractivity contribution in [3.05, 3.63) is 42.6 Å². The summed E-state index contributed by atoms with van der Waals surface area (Å²) in [5.41, 5.74) is 0.803. The van der Waals surface area contributed by atoms with E-state index in [1.54, 1.807) is 24.7 Å². The molecule has 162 valence electrons. The summed E-state index contributed by atoms with van der Waals surface area (Å²) in [4.78, 5) is 34.4. The van der Waals surface area contributed by atoms with Crippen LogP contribution >= 0.6 is 0 Å². The first-order chi connectivity index (χ1) is 14.2. The number of piperidine rings is 1. The van der Waals surface area contributed by atoms with Gasteiger partial charge in [-0.2, -0.15) is 13.2 Å². The molecule has 1 spiro atoms. The number of carboxylic acids is 1. The van der Waals surface area contributed by atoms with E-state index >= 15 is 0 Å². The lowest BCUT2D eigenvalue weighted by atomic mass is 9.79. The van der Waals surface area contributed by atoms with Gasteiger partial charge in [-0.25, -0.2) is 14.8 Å². The number of aromatic nitrogens is 2. The molecule has 0 aromatic carbocycles. The zero-order valence-corrected chi connectivity index (χ0v) is 16.0. The number of carbonyl (C=O) groups excluding carboxylic acids is 1. The zero-order chi connectivity index (χ0) is 21.8. The lowest BCUT2D eigenvalue weighted by Crippen LogP contribution is -2.46. The minimum absolute atomic E-state index is 0.0729. The number of halogens is 3. The molecule has 2 aromatic heterocycles. The maximum Gasteiger partial charge on any atom is 0.490 e. The minimum Gasteiger partial charge on any atom is -0.475 e. The number of hydrogen-bond donors (Lipinski definition) is 1. The summed E-state index contributed by atoms with van der Waals surface area (Å²) in [6, 6.07) is 3.57. The molecule has 1 unspecified atom stereocenters. The first-order valence-electron chi connectivity index (χ1n) is 9.34. The Hall–Kier alpha value is -3.11. The third kappa shape index (κ3) is 5.08. The van der Waals surface area contributed by atoms with Gasteiger partial charge < -0.3 is 19.3 Å². The van der Waals surface area contributed by atoms with Crippen LogP contribution in [0.25, 0.3) is 0 Å². The number of hydrogen-bond acceptors (Lipinski definition) is 6. The second-order valence-electron chi connectivity index (χ2n) is 7.37. The van der Waals surface area contributed by atoms with Crippen molar-refractivity contribution in [2.45, 2.75) is 25.4 Å². The normalized spacial score (nSPS) is 21.3. The van der Waals surface area contributed by atoms with Gasteiger partial charge in [-0.05, 0) is 31.4 Å². The van der Waals surface area contributed by atoms with Crippen LogP contribution < -0.4 is 4.90 Å². The van der Waals surface area contributed by atoms with Crippen LogP contribution in [0.1, 0.15) is 29.6 Å². The number of aliphatic carboxylic acids is 1. The van der Waals surface area contributed by atoms with Gasteiger partial charge in [-0.1, -0.05) is 0 Å². The van der Waals surface area contributed by atoms with E-state index in [0.29, 0.717) is 5.56 Å². The van der Waals surface area contributed by atoms with Gasteiger partial charge in [0.25, 0.3) is 5.91 Å². The van der Waals surface area contributed by atoms with Crippen LogP contribution in [-0.2, 0) is 4.79 Å². The van der Waals surface area contributed by atoms with Gasteiger partial charge in [0.1, 0.15) is 6.26 Å². The van der Waals surface area contributed by atoms with Crippen molar-refractivity contribution < 1.29 is 32.3 Å². The Balaban J connectivity index is 0.000000318. The molecule has 0 aliphatic carbocycles. The molecule has 11 heteroatoms. The van der Waals surface area contributed by atoms with E-state index < -0.39 is 12.1 Å². The Morgan fingerprint density at radius 3 is 2.43 bits per heavy atom. The van der Waals surface area contributed by atoms with Crippen molar-refractivity contribution in [3.63, 3.8) is 0 Å². The van der Waals surface area contributed by atoms with Gasteiger partial charge in [0.05, 0.1) is 11.8 Å². The molecule has 8 nitrogen and oxygen atoms in total. The average Bonchev–Trinajstić information content (AvgIpc) is 3.39. The molecule has 4 heterocycles. The lowest BCUT2D eigenvalue weighted by molar-refractivity contribution is -0.192. The van der Waals surface area contributed by atoms with E-state index in [0.717, 1.165) is 51.4 Å². The molecule has 2 aromatic rings. The maximum absolute atomic E-state index is 12.5.